The molecule has 0 atom stereocenters. The van der Waals surface area contributed by atoms with Crippen LogP contribution < -0.4 is 4.74 Å². The zero-order valence-corrected chi connectivity index (χ0v) is 12.2. The highest BCUT2D eigenvalue weighted by Crippen LogP contribution is 2.27. The molecule has 0 saturated carbocycles. The molecule has 2 nitrogen and oxygen atoms in total. The molecule has 1 aromatic heterocycles. The maximum Gasteiger partial charge on any atom is 0.147 e. The molecular weight excluding hydrogens is 265 g/mol. The SMILES string of the molecule is CC(C)n1c(COc2ccccc2)cc2cccc(F)c21. The monoisotopic (exact) mass is 283 g/mol. The van der Waals surface area contributed by atoms with Gasteiger partial charge in [0.1, 0.15) is 18.2 Å². The van der Waals surface area contributed by atoms with E-state index in [1.54, 1.807) is 6.07 Å². The van der Waals surface area contributed by atoms with Gasteiger partial charge in [-0.25, -0.2) is 4.39 Å². The fraction of sp³-hybridized carbons (Fsp3) is 0.222. The Balaban J connectivity index is 1.98. The minimum absolute atomic E-state index is 0.175. The van der Waals surface area contributed by atoms with Gasteiger partial charge in [-0.2, -0.15) is 0 Å². The van der Waals surface area contributed by atoms with Crippen molar-refractivity contribution in [3.8, 4) is 5.75 Å². The van der Waals surface area contributed by atoms with Gasteiger partial charge in [-0.1, -0.05) is 30.3 Å². The lowest BCUT2D eigenvalue weighted by molar-refractivity contribution is 0.293. The van der Waals surface area contributed by atoms with Crippen LogP contribution in [0, 0.1) is 5.82 Å². The van der Waals surface area contributed by atoms with Crippen molar-refractivity contribution >= 4 is 10.9 Å². The zero-order valence-electron chi connectivity index (χ0n) is 12.2. The smallest absolute Gasteiger partial charge is 0.147 e. The van der Waals surface area contributed by atoms with Crippen LogP contribution in [0.2, 0.25) is 0 Å². The molecule has 0 bridgehead atoms. The average Bonchev–Trinajstić information content (AvgIpc) is 2.86. The summed E-state index contributed by atoms with van der Waals surface area (Å²) in [5.74, 6) is 0.630. The predicted molar refractivity (Wildman–Crippen MR) is 83.1 cm³/mol. The van der Waals surface area contributed by atoms with Crippen LogP contribution in [0.15, 0.2) is 54.6 Å². The second-order valence-corrected chi connectivity index (χ2v) is 5.38. The molecule has 0 aliphatic heterocycles. The second-order valence-electron chi connectivity index (χ2n) is 5.38. The third-order valence-electron chi connectivity index (χ3n) is 3.54. The molecule has 0 radical (unpaired) electrons. The van der Waals surface area contributed by atoms with E-state index in [1.807, 2.05) is 47.0 Å². The van der Waals surface area contributed by atoms with Gasteiger partial charge in [0.05, 0.1) is 11.2 Å². The molecule has 0 spiro atoms. The molecule has 0 aliphatic rings. The standard InChI is InChI=1S/C18H18FNO/c1-13(2)20-15(12-21-16-8-4-3-5-9-16)11-14-7-6-10-17(19)18(14)20/h3-11,13H,12H2,1-2H3. The van der Waals surface area contributed by atoms with Gasteiger partial charge in [0.25, 0.3) is 0 Å². The second kappa shape index (κ2) is 5.60. The number of nitrogens with zero attached hydrogens (tertiary/aromatic N) is 1. The van der Waals surface area contributed by atoms with Crippen LogP contribution in [0.4, 0.5) is 4.39 Å². The molecular formula is C18H18FNO. The molecule has 0 N–H and O–H groups in total. The van der Waals surface area contributed by atoms with Crippen LogP contribution >= 0.6 is 0 Å². The summed E-state index contributed by atoms with van der Waals surface area (Å²) < 4.78 is 21.9. The number of fused-ring (bicyclic) bond motifs is 1. The first-order chi connectivity index (χ1) is 10.2. The summed E-state index contributed by atoms with van der Waals surface area (Å²) in [7, 11) is 0. The Labute approximate surface area is 123 Å². The Hall–Kier alpha value is -2.29. The third-order valence-corrected chi connectivity index (χ3v) is 3.54. The summed E-state index contributed by atoms with van der Waals surface area (Å²) in [4.78, 5) is 0. The average molecular weight is 283 g/mol. The topological polar surface area (TPSA) is 14.2 Å². The fourth-order valence-electron chi connectivity index (χ4n) is 2.67. The fourth-order valence-corrected chi connectivity index (χ4v) is 2.67. The van der Waals surface area contributed by atoms with Gasteiger partial charge in [0.15, 0.2) is 0 Å². The first-order valence-electron chi connectivity index (χ1n) is 7.13. The largest absolute Gasteiger partial charge is 0.487 e. The maximum absolute atomic E-state index is 14.1. The van der Waals surface area contributed by atoms with Crippen LogP contribution in [0.1, 0.15) is 25.6 Å². The lowest BCUT2D eigenvalue weighted by Crippen LogP contribution is -2.08. The van der Waals surface area contributed by atoms with Gasteiger partial charge in [0, 0.05) is 11.4 Å². The molecule has 21 heavy (non-hydrogen) atoms. The Morgan fingerprint density at radius 1 is 1.05 bits per heavy atom. The summed E-state index contributed by atoms with van der Waals surface area (Å²) in [5, 5.41) is 0.912. The summed E-state index contributed by atoms with van der Waals surface area (Å²) in [6.45, 7) is 4.53. The van der Waals surface area contributed by atoms with Crippen molar-refractivity contribution in [2.45, 2.75) is 26.5 Å². The molecule has 0 amide bonds. The van der Waals surface area contributed by atoms with E-state index in [9.17, 15) is 4.39 Å². The van der Waals surface area contributed by atoms with E-state index in [2.05, 4.69) is 13.8 Å². The van der Waals surface area contributed by atoms with E-state index in [0.717, 1.165) is 16.8 Å². The van der Waals surface area contributed by atoms with E-state index in [0.29, 0.717) is 12.1 Å². The predicted octanol–water partition coefficient (Wildman–Crippen LogP) is 4.94. The Bertz CT molecular complexity index is 747. The molecule has 0 saturated heterocycles. The molecule has 2 aromatic carbocycles. The molecule has 3 heteroatoms. The van der Waals surface area contributed by atoms with Crippen molar-refractivity contribution in [2.24, 2.45) is 0 Å². The van der Waals surface area contributed by atoms with E-state index in [-0.39, 0.29) is 11.9 Å². The first-order valence-corrected chi connectivity index (χ1v) is 7.13. The number of benzene rings is 2. The number of hydrogen-bond donors (Lipinski definition) is 0. The van der Waals surface area contributed by atoms with Crippen LogP contribution in [0.25, 0.3) is 10.9 Å². The van der Waals surface area contributed by atoms with Gasteiger partial charge in [-0.05, 0) is 38.1 Å². The molecule has 0 aliphatic carbocycles. The van der Waals surface area contributed by atoms with Crippen LogP contribution in [-0.4, -0.2) is 4.57 Å². The quantitative estimate of drug-likeness (QED) is 0.661. The molecule has 1 heterocycles. The lowest BCUT2D eigenvalue weighted by atomic mass is 10.2. The van der Waals surface area contributed by atoms with Gasteiger partial charge < -0.3 is 9.30 Å². The van der Waals surface area contributed by atoms with Gasteiger partial charge in [0.2, 0.25) is 0 Å². The zero-order chi connectivity index (χ0) is 14.8. The Morgan fingerprint density at radius 3 is 2.52 bits per heavy atom. The number of hydrogen-bond acceptors (Lipinski definition) is 1. The molecule has 3 rings (SSSR count). The number of halogens is 1. The molecule has 0 fully saturated rings. The van der Waals surface area contributed by atoms with Crippen molar-refractivity contribution in [3.63, 3.8) is 0 Å². The Kier molecular flexibility index (Phi) is 3.65. The van der Waals surface area contributed by atoms with Crippen LogP contribution in [0.3, 0.4) is 0 Å². The minimum atomic E-state index is -0.188. The highest BCUT2D eigenvalue weighted by molar-refractivity contribution is 5.82. The summed E-state index contributed by atoms with van der Waals surface area (Å²) in [6.07, 6.45) is 0. The number of rotatable bonds is 4. The molecule has 0 unspecified atom stereocenters. The van der Waals surface area contributed by atoms with Crippen molar-refractivity contribution in [3.05, 3.63) is 66.1 Å². The number of aromatic nitrogens is 1. The minimum Gasteiger partial charge on any atom is -0.487 e. The highest BCUT2D eigenvalue weighted by Gasteiger charge is 2.15. The third kappa shape index (κ3) is 2.64. The van der Waals surface area contributed by atoms with Crippen LogP contribution in [-0.2, 0) is 6.61 Å². The summed E-state index contributed by atoms with van der Waals surface area (Å²) in [5.41, 5.74) is 1.63. The van der Waals surface area contributed by atoms with Crippen molar-refractivity contribution in [1.82, 2.24) is 4.57 Å². The molecule has 3 aromatic rings. The van der Waals surface area contributed by atoms with Crippen molar-refractivity contribution in [2.75, 3.05) is 0 Å². The van der Waals surface area contributed by atoms with E-state index >= 15 is 0 Å². The van der Waals surface area contributed by atoms with E-state index in [4.69, 9.17) is 4.74 Å². The summed E-state index contributed by atoms with van der Waals surface area (Å²) >= 11 is 0. The molecule has 108 valence electrons. The number of para-hydroxylation sites is 2. The van der Waals surface area contributed by atoms with Crippen LogP contribution in [0.5, 0.6) is 5.75 Å². The van der Waals surface area contributed by atoms with Gasteiger partial charge >= 0.3 is 0 Å². The highest BCUT2D eigenvalue weighted by atomic mass is 19.1. The maximum atomic E-state index is 14.1. The van der Waals surface area contributed by atoms with E-state index in [1.165, 1.54) is 6.07 Å². The summed E-state index contributed by atoms with van der Waals surface area (Å²) in [6, 6.07) is 17.0. The Morgan fingerprint density at radius 2 is 1.81 bits per heavy atom. The normalized spacial score (nSPS) is 11.2. The number of ether oxygens (including phenoxy) is 1. The van der Waals surface area contributed by atoms with Crippen molar-refractivity contribution in [1.29, 1.82) is 0 Å². The van der Waals surface area contributed by atoms with E-state index < -0.39 is 0 Å². The lowest BCUT2D eigenvalue weighted by Gasteiger charge is -2.15. The van der Waals surface area contributed by atoms with Gasteiger partial charge in [-0.3, -0.25) is 0 Å². The van der Waals surface area contributed by atoms with Gasteiger partial charge in [-0.15, -0.1) is 0 Å². The van der Waals surface area contributed by atoms with Crippen molar-refractivity contribution < 1.29 is 9.13 Å². The first kappa shape index (κ1) is 13.7.